The number of amides is 2. The van der Waals surface area contributed by atoms with Crippen molar-refractivity contribution < 1.29 is 14.3 Å². The van der Waals surface area contributed by atoms with Crippen LogP contribution in [0.3, 0.4) is 0 Å². The summed E-state index contributed by atoms with van der Waals surface area (Å²) >= 11 is 0. The van der Waals surface area contributed by atoms with Crippen LogP contribution >= 0.6 is 0 Å². The fraction of sp³-hybridized carbons (Fsp3) is 0.273. The van der Waals surface area contributed by atoms with Gasteiger partial charge in [0, 0.05) is 11.3 Å². The number of rotatable bonds is 4. The number of carbonyl (C=O) groups is 2. The van der Waals surface area contributed by atoms with E-state index in [1.54, 1.807) is 18.2 Å². The molecule has 92 valence electrons. The molecule has 6 nitrogen and oxygen atoms in total. The lowest BCUT2D eigenvalue weighted by Gasteiger charge is -2.08. The highest BCUT2D eigenvalue weighted by atomic mass is 16.5. The predicted molar refractivity (Wildman–Crippen MR) is 63.5 cm³/mol. The number of benzene rings is 1. The first-order chi connectivity index (χ1) is 8.00. The standard InChI is InChI=1S/C11H15N3O3/c1-7-2-3-8(12)6-9(7)10(15)14-4-5-17-11(13)16/h2-3,6H,4-5,12H2,1H3,(H2,13,16)(H,14,15). The molecule has 0 aliphatic rings. The molecule has 17 heavy (non-hydrogen) atoms. The van der Waals surface area contributed by atoms with E-state index in [2.05, 4.69) is 10.1 Å². The Labute approximate surface area is 98.9 Å². The summed E-state index contributed by atoms with van der Waals surface area (Å²) in [5.74, 6) is -0.261. The van der Waals surface area contributed by atoms with Crippen molar-refractivity contribution >= 4 is 17.7 Å². The third-order valence-electron chi connectivity index (χ3n) is 2.14. The van der Waals surface area contributed by atoms with Crippen LogP contribution in [0.1, 0.15) is 15.9 Å². The number of carbonyl (C=O) groups excluding carboxylic acids is 2. The second-order valence-electron chi connectivity index (χ2n) is 3.50. The zero-order valence-electron chi connectivity index (χ0n) is 9.53. The van der Waals surface area contributed by atoms with Crippen LogP contribution in [0.15, 0.2) is 18.2 Å². The number of ether oxygens (including phenoxy) is 1. The van der Waals surface area contributed by atoms with Crippen LogP contribution in [0, 0.1) is 6.92 Å². The molecule has 1 rings (SSSR count). The SMILES string of the molecule is Cc1ccc(N)cc1C(=O)NCCOC(N)=O. The molecule has 0 spiro atoms. The Morgan fingerprint density at radius 3 is 2.76 bits per heavy atom. The fourth-order valence-corrected chi connectivity index (χ4v) is 1.30. The van der Waals surface area contributed by atoms with Crippen LogP contribution in [0.25, 0.3) is 0 Å². The average Bonchev–Trinajstić information content (AvgIpc) is 2.27. The van der Waals surface area contributed by atoms with E-state index in [1.165, 1.54) is 0 Å². The quantitative estimate of drug-likeness (QED) is 0.520. The molecule has 0 unspecified atom stereocenters. The maximum absolute atomic E-state index is 11.7. The van der Waals surface area contributed by atoms with Crippen molar-refractivity contribution in [3.05, 3.63) is 29.3 Å². The van der Waals surface area contributed by atoms with Gasteiger partial charge in [0.15, 0.2) is 0 Å². The van der Waals surface area contributed by atoms with Gasteiger partial charge in [0.2, 0.25) is 0 Å². The van der Waals surface area contributed by atoms with Gasteiger partial charge in [0.25, 0.3) is 5.91 Å². The zero-order chi connectivity index (χ0) is 12.8. The van der Waals surface area contributed by atoms with Gasteiger partial charge in [-0.25, -0.2) is 4.79 Å². The molecule has 0 aliphatic carbocycles. The van der Waals surface area contributed by atoms with Gasteiger partial charge in [0.05, 0.1) is 6.54 Å². The molecule has 0 saturated carbocycles. The second kappa shape index (κ2) is 5.74. The number of nitrogen functional groups attached to an aromatic ring is 1. The topological polar surface area (TPSA) is 107 Å². The summed E-state index contributed by atoms with van der Waals surface area (Å²) in [6.07, 6.45) is -0.862. The Kier molecular flexibility index (Phi) is 4.33. The molecule has 0 radical (unpaired) electrons. The maximum atomic E-state index is 11.7. The van der Waals surface area contributed by atoms with Gasteiger partial charge in [-0.2, -0.15) is 0 Å². The summed E-state index contributed by atoms with van der Waals surface area (Å²) in [4.78, 5) is 22.0. The Balaban J connectivity index is 2.52. The number of nitrogens with two attached hydrogens (primary N) is 2. The largest absolute Gasteiger partial charge is 0.448 e. The molecule has 6 heteroatoms. The molecule has 1 aromatic rings. The third kappa shape index (κ3) is 4.02. The minimum absolute atomic E-state index is 0.0441. The Hall–Kier alpha value is -2.24. The van der Waals surface area contributed by atoms with Crippen molar-refractivity contribution in [3.8, 4) is 0 Å². The van der Waals surface area contributed by atoms with Crippen LogP contribution in [0.4, 0.5) is 10.5 Å². The Morgan fingerprint density at radius 2 is 2.12 bits per heavy atom. The first-order valence-electron chi connectivity index (χ1n) is 5.07. The highest BCUT2D eigenvalue weighted by molar-refractivity contribution is 5.96. The summed E-state index contributed by atoms with van der Waals surface area (Å²) < 4.78 is 4.48. The first kappa shape index (κ1) is 12.8. The second-order valence-corrected chi connectivity index (χ2v) is 3.50. The minimum atomic E-state index is -0.862. The van der Waals surface area contributed by atoms with Crippen molar-refractivity contribution in [2.45, 2.75) is 6.92 Å². The van der Waals surface area contributed by atoms with Gasteiger partial charge in [-0.15, -0.1) is 0 Å². The van der Waals surface area contributed by atoms with Crippen molar-refractivity contribution in [1.29, 1.82) is 0 Å². The summed E-state index contributed by atoms with van der Waals surface area (Å²) in [6.45, 7) is 2.06. The minimum Gasteiger partial charge on any atom is -0.448 e. The number of nitrogens with one attached hydrogen (secondary N) is 1. The molecule has 2 amide bonds. The van der Waals surface area contributed by atoms with E-state index in [-0.39, 0.29) is 19.1 Å². The Bertz CT molecular complexity index is 432. The molecule has 0 aliphatic heterocycles. The smallest absolute Gasteiger partial charge is 0.404 e. The summed E-state index contributed by atoms with van der Waals surface area (Å²) in [7, 11) is 0. The average molecular weight is 237 g/mol. The molecule has 0 aromatic heterocycles. The van der Waals surface area contributed by atoms with E-state index < -0.39 is 6.09 Å². The molecule has 0 heterocycles. The molecular formula is C11H15N3O3. The zero-order valence-corrected chi connectivity index (χ0v) is 9.53. The lowest BCUT2D eigenvalue weighted by atomic mass is 10.1. The molecule has 0 fully saturated rings. The molecule has 0 bridgehead atoms. The normalized spacial score (nSPS) is 9.71. The van der Waals surface area contributed by atoms with Crippen LogP contribution in [0.5, 0.6) is 0 Å². The van der Waals surface area contributed by atoms with Gasteiger partial charge in [-0.05, 0) is 24.6 Å². The van der Waals surface area contributed by atoms with Gasteiger partial charge < -0.3 is 21.5 Å². The molecule has 0 atom stereocenters. The van der Waals surface area contributed by atoms with Crippen molar-refractivity contribution in [2.75, 3.05) is 18.9 Å². The van der Waals surface area contributed by atoms with Gasteiger partial charge >= 0.3 is 6.09 Å². The molecular weight excluding hydrogens is 222 g/mol. The van der Waals surface area contributed by atoms with Crippen molar-refractivity contribution in [1.82, 2.24) is 5.32 Å². The van der Waals surface area contributed by atoms with E-state index in [4.69, 9.17) is 11.5 Å². The fourth-order valence-electron chi connectivity index (χ4n) is 1.30. The van der Waals surface area contributed by atoms with E-state index >= 15 is 0 Å². The predicted octanol–water partition coefficient (Wildman–Crippen LogP) is 0.402. The summed E-state index contributed by atoms with van der Waals surface area (Å²) in [5, 5.41) is 2.60. The van der Waals surface area contributed by atoms with E-state index in [9.17, 15) is 9.59 Å². The maximum Gasteiger partial charge on any atom is 0.404 e. The monoisotopic (exact) mass is 237 g/mol. The van der Waals surface area contributed by atoms with Gasteiger partial charge in [-0.1, -0.05) is 6.07 Å². The molecule has 1 aromatic carbocycles. The lowest BCUT2D eigenvalue weighted by molar-refractivity contribution is 0.0936. The Morgan fingerprint density at radius 1 is 1.41 bits per heavy atom. The van der Waals surface area contributed by atoms with Crippen LogP contribution in [-0.4, -0.2) is 25.2 Å². The number of primary amides is 1. The number of hydrogen-bond donors (Lipinski definition) is 3. The van der Waals surface area contributed by atoms with Gasteiger partial charge in [0.1, 0.15) is 6.61 Å². The van der Waals surface area contributed by atoms with E-state index in [1.807, 2.05) is 6.92 Å². The van der Waals surface area contributed by atoms with E-state index in [0.29, 0.717) is 11.3 Å². The first-order valence-corrected chi connectivity index (χ1v) is 5.07. The number of anilines is 1. The van der Waals surface area contributed by atoms with Crippen molar-refractivity contribution in [3.63, 3.8) is 0 Å². The highest BCUT2D eigenvalue weighted by Crippen LogP contribution is 2.12. The van der Waals surface area contributed by atoms with Crippen LogP contribution < -0.4 is 16.8 Å². The summed E-state index contributed by atoms with van der Waals surface area (Å²) in [5.41, 5.74) is 12.2. The third-order valence-corrected chi connectivity index (χ3v) is 2.14. The van der Waals surface area contributed by atoms with Crippen LogP contribution in [0.2, 0.25) is 0 Å². The van der Waals surface area contributed by atoms with Crippen molar-refractivity contribution in [2.24, 2.45) is 5.73 Å². The lowest BCUT2D eigenvalue weighted by Crippen LogP contribution is -2.29. The highest BCUT2D eigenvalue weighted by Gasteiger charge is 2.08. The van der Waals surface area contributed by atoms with E-state index in [0.717, 1.165) is 5.56 Å². The summed E-state index contributed by atoms with van der Waals surface area (Å²) in [6, 6.07) is 5.09. The number of hydrogen-bond acceptors (Lipinski definition) is 4. The van der Waals surface area contributed by atoms with Gasteiger partial charge in [-0.3, -0.25) is 4.79 Å². The number of aryl methyl sites for hydroxylation is 1. The molecule has 5 N–H and O–H groups in total. The molecule has 0 saturated heterocycles. The van der Waals surface area contributed by atoms with Crippen LogP contribution in [-0.2, 0) is 4.74 Å².